The van der Waals surface area contributed by atoms with E-state index in [1.54, 1.807) is 6.07 Å². The fourth-order valence-corrected chi connectivity index (χ4v) is 3.08. The summed E-state index contributed by atoms with van der Waals surface area (Å²) in [7, 11) is 0. The second kappa shape index (κ2) is 9.19. The highest BCUT2D eigenvalue weighted by Gasteiger charge is 2.14. The van der Waals surface area contributed by atoms with E-state index in [0.29, 0.717) is 17.1 Å². The lowest BCUT2D eigenvalue weighted by Crippen LogP contribution is -2.02. The third-order valence-corrected chi connectivity index (χ3v) is 4.82. The Bertz CT molecular complexity index is 1380. The van der Waals surface area contributed by atoms with Gasteiger partial charge in [-0.05, 0) is 48.9 Å². The number of aromatic nitrogens is 4. The summed E-state index contributed by atoms with van der Waals surface area (Å²) in [4.78, 5) is 40.1. The lowest BCUT2D eigenvalue weighted by atomic mass is 10.1. The lowest BCUT2D eigenvalue weighted by Gasteiger charge is -2.07. The zero-order chi connectivity index (χ0) is 23.4. The van der Waals surface area contributed by atoms with Crippen molar-refractivity contribution in [1.29, 1.82) is 0 Å². The second-order valence-corrected chi connectivity index (χ2v) is 7.24. The number of pyridine rings is 2. The standard InChI is InChI=1S/C25H18N4O4/c1-15-2-4-16(5-3-15)6-7-19-13-21(28-14-27-19)23-12-18(25(32)33)11-22(29-23)20-10-17(24(30)31)8-9-26-20/h2-14H,1H3,(H,30,31)(H,32,33)/b7-6+. The average molecular weight is 438 g/mol. The van der Waals surface area contributed by atoms with Crippen LogP contribution >= 0.6 is 0 Å². The SMILES string of the molecule is Cc1ccc(/C=C/c2cc(-c3cc(C(=O)O)cc(-c4cc(C(=O)O)ccn4)n3)ncn2)cc1. The van der Waals surface area contributed by atoms with E-state index in [1.165, 1.54) is 42.4 Å². The van der Waals surface area contributed by atoms with Gasteiger partial charge in [-0.15, -0.1) is 0 Å². The van der Waals surface area contributed by atoms with Gasteiger partial charge in [-0.3, -0.25) is 4.98 Å². The number of rotatable bonds is 6. The van der Waals surface area contributed by atoms with Crippen LogP contribution in [0, 0.1) is 6.92 Å². The first-order valence-corrected chi connectivity index (χ1v) is 9.91. The summed E-state index contributed by atoms with van der Waals surface area (Å²) < 4.78 is 0. The molecule has 8 nitrogen and oxygen atoms in total. The summed E-state index contributed by atoms with van der Waals surface area (Å²) in [5, 5.41) is 18.8. The van der Waals surface area contributed by atoms with E-state index in [0.717, 1.165) is 5.56 Å². The van der Waals surface area contributed by atoms with Crippen molar-refractivity contribution in [2.45, 2.75) is 6.92 Å². The van der Waals surface area contributed by atoms with Crippen LogP contribution in [0.2, 0.25) is 0 Å². The molecule has 2 N–H and O–H groups in total. The Morgan fingerprint density at radius 1 is 0.727 bits per heavy atom. The van der Waals surface area contributed by atoms with Gasteiger partial charge in [0, 0.05) is 6.20 Å². The van der Waals surface area contributed by atoms with Gasteiger partial charge < -0.3 is 10.2 Å². The zero-order valence-corrected chi connectivity index (χ0v) is 17.5. The number of hydrogen-bond acceptors (Lipinski definition) is 6. The molecule has 3 heterocycles. The summed E-state index contributed by atoms with van der Waals surface area (Å²) in [6.45, 7) is 2.02. The first-order valence-electron chi connectivity index (χ1n) is 9.91. The third kappa shape index (κ3) is 5.13. The number of carboxylic acid groups (broad SMARTS) is 2. The largest absolute Gasteiger partial charge is 0.478 e. The van der Waals surface area contributed by atoms with E-state index < -0.39 is 11.9 Å². The minimum Gasteiger partial charge on any atom is -0.478 e. The Morgan fingerprint density at radius 3 is 2.03 bits per heavy atom. The maximum absolute atomic E-state index is 11.7. The monoisotopic (exact) mass is 438 g/mol. The van der Waals surface area contributed by atoms with Crippen molar-refractivity contribution in [3.8, 4) is 22.8 Å². The molecule has 0 saturated carbocycles. The number of aryl methyl sites for hydroxylation is 1. The van der Waals surface area contributed by atoms with Crippen LogP contribution in [-0.4, -0.2) is 42.1 Å². The van der Waals surface area contributed by atoms with E-state index in [4.69, 9.17) is 0 Å². The van der Waals surface area contributed by atoms with Crippen molar-refractivity contribution >= 4 is 24.1 Å². The number of nitrogens with zero attached hydrogens (tertiary/aromatic N) is 4. The van der Waals surface area contributed by atoms with Crippen LogP contribution in [0.15, 0.2) is 67.1 Å². The second-order valence-electron chi connectivity index (χ2n) is 7.24. The van der Waals surface area contributed by atoms with E-state index in [2.05, 4.69) is 19.9 Å². The van der Waals surface area contributed by atoms with Crippen molar-refractivity contribution in [2.24, 2.45) is 0 Å². The minimum absolute atomic E-state index is 0.0205. The highest BCUT2D eigenvalue weighted by atomic mass is 16.4. The smallest absolute Gasteiger partial charge is 0.335 e. The molecule has 4 aromatic rings. The Labute approximate surface area is 189 Å². The highest BCUT2D eigenvalue weighted by molar-refractivity contribution is 5.91. The van der Waals surface area contributed by atoms with E-state index in [1.807, 2.05) is 43.3 Å². The maximum atomic E-state index is 11.7. The Hall–Kier alpha value is -4.72. The zero-order valence-electron chi connectivity index (χ0n) is 17.5. The molecule has 33 heavy (non-hydrogen) atoms. The van der Waals surface area contributed by atoms with Gasteiger partial charge in [0.25, 0.3) is 0 Å². The molecule has 4 rings (SSSR count). The van der Waals surface area contributed by atoms with Crippen LogP contribution < -0.4 is 0 Å². The summed E-state index contributed by atoms with van der Waals surface area (Å²) in [6, 6.07) is 15.2. The molecule has 1 aromatic carbocycles. The maximum Gasteiger partial charge on any atom is 0.335 e. The van der Waals surface area contributed by atoms with Gasteiger partial charge in [-0.1, -0.05) is 35.9 Å². The Morgan fingerprint density at radius 2 is 1.36 bits per heavy atom. The summed E-state index contributed by atoms with van der Waals surface area (Å²) >= 11 is 0. The van der Waals surface area contributed by atoms with Crippen LogP contribution in [0.4, 0.5) is 0 Å². The molecule has 0 saturated heterocycles. The van der Waals surface area contributed by atoms with Gasteiger partial charge >= 0.3 is 11.9 Å². The normalized spacial score (nSPS) is 10.9. The molecule has 0 unspecified atom stereocenters. The van der Waals surface area contributed by atoms with Gasteiger partial charge in [0.1, 0.15) is 6.33 Å². The highest BCUT2D eigenvalue weighted by Crippen LogP contribution is 2.24. The molecule has 0 spiro atoms. The number of carbonyl (C=O) groups is 2. The van der Waals surface area contributed by atoms with Crippen LogP contribution in [0.1, 0.15) is 37.5 Å². The molecule has 8 heteroatoms. The first kappa shape index (κ1) is 21.5. The molecule has 0 amide bonds. The van der Waals surface area contributed by atoms with Gasteiger partial charge in [0.15, 0.2) is 0 Å². The number of carboxylic acids is 2. The topological polar surface area (TPSA) is 126 Å². The molecule has 162 valence electrons. The fourth-order valence-electron chi connectivity index (χ4n) is 3.08. The molecule has 0 aliphatic carbocycles. The van der Waals surface area contributed by atoms with Gasteiger partial charge in [0.05, 0.1) is 39.6 Å². The lowest BCUT2D eigenvalue weighted by molar-refractivity contribution is 0.0686. The van der Waals surface area contributed by atoms with Crippen molar-refractivity contribution in [3.63, 3.8) is 0 Å². The van der Waals surface area contributed by atoms with Gasteiger partial charge in [-0.25, -0.2) is 24.5 Å². The summed E-state index contributed by atoms with van der Waals surface area (Å²) in [5.41, 5.74) is 4.00. The quantitative estimate of drug-likeness (QED) is 0.451. The molecule has 0 bridgehead atoms. The molecule has 0 fully saturated rings. The van der Waals surface area contributed by atoms with Crippen molar-refractivity contribution in [1.82, 2.24) is 19.9 Å². The molecule has 0 radical (unpaired) electrons. The van der Waals surface area contributed by atoms with Crippen LogP contribution in [0.3, 0.4) is 0 Å². The van der Waals surface area contributed by atoms with Crippen molar-refractivity contribution in [2.75, 3.05) is 0 Å². The molecule has 0 atom stereocenters. The predicted molar refractivity (Wildman–Crippen MR) is 123 cm³/mol. The van der Waals surface area contributed by atoms with E-state index in [9.17, 15) is 19.8 Å². The molecule has 0 aliphatic rings. The number of benzene rings is 1. The minimum atomic E-state index is -1.15. The van der Waals surface area contributed by atoms with E-state index in [-0.39, 0.29) is 22.5 Å². The predicted octanol–water partition coefficient (Wildman–Crippen LogP) is 4.48. The van der Waals surface area contributed by atoms with Crippen molar-refractivity contribution in [3.05, 3.63) is 95.1 Å². The first-order chi connectivity index (χ1) is 15.9. The third-order valence-electron chi connectivity index (χ3n) is 4.82. The summed E-state index contributed by atoms with van der Waals surface area (Å²) in [5.74, 6) is -2.27. The molecular formula is C25H18N4O4. The molecule has 0 aliphatic heterocycles. The molecule has 3 aromatic heterocycles. The van der Waals surface area contributed by atoms with Crippen LogP contribution in [0.5, 0.6) is 0 Å². The van der Waals surface area contributed by atoms with Gasteiger partial charge in [0.2, 0.25) is 0 Å². The van der Waals surface area contributed by atoms with Crippen LogP contribution in [0.25, 0.3) is 34.9 Å². The number of aromatic carboxylic acids is 2. The molecular weight excluding hydrogens is 420 g/mol. The number of hydrogen-bond donors (Lipinski definition) is 2. The fraction of sp³-hybridized carbons (Fsp3) is 0.0400. The average Bonchev–Trinajstić information content (AvgIpc) is 2.83. The van der Waals surface area contributed by atoms with Crippen LogP contribution in [-0.2, 0) is 0 Å². The van der Waals surface area contributed by atoms with Gasteiger partial charge in [-0.2, -0.15) is 0 Å². The Balaban J connectivity index is 1.73. The van der Waals surface area contributed by atoms with E-state index >= 15 is 0 Å². The van der Waals surface area contributed by atoms with Crippen molar-refractivity contribution < 1.29 is 19.8 Å². The Kier molecular flexibility index (Phi) is 5.99. The summed E-state index contributed by atoms with van der Waals surface area (Å²) in [6.07, 6.45) is 6.46.